The summed E-state index contributed by atoms with van der Waals surface area (Å²) in [5.74, 6) is 0.823. The molecule has 1 amide bonds. The molecule has 112 valence electrons. The molecule has 0 aliphatic carbocycles. The molecule has 2 atom stereocenters. The number of rotatable bonds is 7. The summed E-state index contributed by atoms with van der Waals surface area (Å²) in [5, 5.41) is 5.81. The lowest BCUT2D eigenvalue weighted by atomic mass is 10.2. The molecule has 0 aliphatic rings. The van der Waals surface area contributed by atoms with Crippen molar-refractivity contribution in [2.45, 2.75) is 31.8 Å². The van der Waals surface area contributed by atoms with Crippen LogP contribution in [0, 0.1) is 0 Å². The zero-order valence-corrected chi connectivity index (χ0v) is 14.3. The molecule has 1 unspecified atom stereocenters. The Balaban J connectivity index is 0. The Kier molecular flexibility index (Phi) is 13.2. The molecule has 3 N–H and O–H groups in total. The third-order valence-corrected chi connectivity index (χ3v) is 3.98. The van der Waals surface area contributed by atoms with E-state index >= 15 is 0 Å². The maximum Gasteiger partial charge on any atom is 0.237 e. The monoisotopic (exact) mass is 345 g/mol. The van der Waals surface area contributed by atoms with Gasteiger partial charge in [-0.05, 0) is 24.9 Å². The van der Waals surface area contributed by atoms with Gasteiger partial charge in [0.25, 0.3) is 0 Å². The number of thiazole rings is 1. The summed E-state index contributed by atoms with van der Waals surface area (Å²) in [6.07, 6.45) is 5.30. The maximum atomic E-state index is 11.8. The maximum absolute atomic E-state index is 11.8. The van der Waals surface area contributed by atoms with E-state index in [2.05, 4.69) is 10.3 Å². The number of hydrogen-bond donors (Lipinski definition) is 2. The van der Waals surface area contributed by atoms with Gasteiger partial charge in [-0.25, -0.2) is 4.98 Å². The molecule has 8 heteroatoms. The molecule has 0 fully saturated rings. The number of hydrogen-bond acceptors (Lipinski definition) is 5. The highest BCUT2D eigenvalue weighted by Crippen LogP contribution is 2.18. The second kappa shape index (κ2) is 11.8. The normalized spacial score (nSPS) is 12.8. The SMILES string of the molecule is CCC(NC(=O)[C@@H](N)CCSC)c1nccs1.Cl.Cl. The van der Waals surface area contributed by atoms with Gasteiger partial charge in [0.2, 0.25) is 5.91 Å². The number of nitrogens with two attached hydrogens (primary N) is 1. The minimum Gasteiger partial charge on any atom is -0.346 e. The predicted molar refractivity (Wildman–Crippen MR) is 88.8 cm³/mol. The molecule has 0 spiro atoms. The summed E-state index contributed by atoms with van der Waals surface area (Å²) in [4.78, 5) is 16.1. The fraction of sp³-hybridized carbons (Fsp3) is 0.636. The highest BCUT2D eigenvalue weighted by molar-refractivity contribution is 7.98. The van der Waals surface area contributed by atoms with Crippen LogP contribution in [0.15, 0.2) is 11.6 Å². The first-order valence-electron chi connectivity index (χ1n) is 5.63. The number of nitrogens with one attached hydrogen (secondary N) is 1. The first kappa shape index (κ1) is 21.3. The minimum absolute atomic E-state index is 0. The molecule has 1 aromatic heterocycles. The molecule has 0 radical (unpaired) electrons. The van der Waals surface area contributed by atoms with Crippen molar-refractivity contribution in [1.29, 1.82) is 0 Å². The van der Waals surface area contributed by atoms with Crippen LogP contribution in [0.1, 0.15) is 30.8 Å². The van der Waals surface area contributed by atoms with Crippen molar-refractivity contribution in [3.63, 3.8) is 0 Å². The zero-order chi connectivity index (χ0) is 12.7. The largest absolute Gasteiger partial charge is 0.346 e. The second-order valence-corrected chi connectivity index (χ2v) is 5.64. The van der Waals surface area contributed by atoms with E-state index in [9.17, 15) is 4.79 Å². The van der Waals surface area contributed by atoms with Crippen LogP contribution in [0.3, 0.4) is 0 Å². The summed E-state index contributed by atoms with van der Waals surface area (Å²) in [6, 6.07) is -0.431. The summed E-state index contributed by atoms with van der Waals surface area (Å²) in [5.41, 5.74) is 5.82. The number of halogens is 2. The highest BCUT2D eigenvalue weighted by atomic mass is 35.5. The number of aromatic nitrogens is 1. The van der Waals surface area contributed by atoms with Crippen LogP contribution in [0.25, 0.3) is 0 Å². The molecule has 1 aromatic rings. The third kappa shape index (κ3) is 7.37. The Bertz CT molecular complexity index is 339. The fourth-order valence-electron chi connectivity index (χ4n) is 1.40. The van der Waals surface area contributed by atoms with E-state index in [1.54, 1.807) is 29.3 Å². The lowest BCUT2D eigenvalue weighted by Crippen LogP contribution is -2.42. The van der Waals surface area contributed by atoms with Gasteiger partial charge in [-0.1, -0.05) is 6.92 Å². The quantitative estimate of drug-likeness (QED) is 0.796. The predicted octanol–water partition coefficient (Wildman–Crippen LogP) is 2.63. The molecule has 0 bridgehead atoms. The summed E-state index contributed by atoms with van der Waals surface area (Å²) >= 11 is 3.26. The van der Waals surface area contributed by atoms with E-state index < -0.39 is 6.04 Å². The van der Waals surface area contributed by atoms with Crippen molar-refractivity contribution in [2.24, 2.45) is 5.73 Å². The first-order valence-corrected chi connectivity index (χ1v) is 7.90. The van der Waals surface area contributed by atoms with E-state index in [1.165, 1.54) is 0 Å². The molecule has 19 heavy (non-hydrogen) atoms. The van der Waals surface area contributed by atoms with Gasteiger partial charge in [-0.3, -0.25) is 4.79 Å². The van der Waals surface area contributed by atoms with Crippen LogP contribution in [-0.2, 0) is 4.79 Å². The molecule has 1 rings (SSSR count). The molecule has 4 nitrogen and oxygen atoms in total. The zero-order valence-electron chi connectivity index (χ0n) is 11.0. The van der Waals surface area contributed by atoms with Gasteiger partial charge in [0.05, 0.1) is 12.1 Å². The molecule has 0 aromatic carbocycles. The van der Waals surface area contributed by atoms with Crippen molar-refractivity contribution >= 4 is 53.8 Å². The lowest BCUT2D eigenvalue weighted by molar-refractivity contribution is -0.123. The van der Waals surface area contributed by atoms with Gasteiger partial charge >= 0.3 is 0 Å². The number of amides is 1. The molecule has 0 saturated heterocycles. The molecule has 0 aliphatic heterocycles. The number of carbonyl (C=O) groups is 1. The molecular formula is C11H21Cl2N3OS2. The Labute approximate surface area is 135 Å². The van der Waals surface area contributed by atoms with E-state index in [4.69, 9.17) is 5.73 Å². The lowest BCUT2D eigenvalue weighted by Gasteiger charge is -2.17. The number of nitrogens with zero attached hydrogens (tertiary/aromatic N) is 1. The van der Waals surface area contributed by atoms with Gasteiger partial charge in [0, 0.05) is 11.6 Å². The Morgan fingerprint density at radius 1 is 1.58 bits per heavy atom. The first-order chi connectivity index (χ1) is 8.19. The van der Waals surface area contributed by atoms with Gasteiger partial charge in [-0.15, -0.1) is 36.2 Å². The molecule has 0 saturated carbocycles. The van der Waals surface area contributed by atoms with Crippen molar-refractivity contribution in [3.05, 3.63) is 16.6 Å². The third-order valence-electron chi connectivity index (χ3n) is 2.44. The second-order valence-electron chi connectivity index (χ2n) is 3.73. The average Bonchev–Trinajstić information content (AvgIpc) is 2.86. The Morgan fingerprint density at radius 2 is 2.26 bits per heavy atom. The average molecular weight is 346 g/mol. The standard InChI is InChI=1S/C11H19N3OS2.2ClH/c1-3-9(11-13-5-7-17-11)14-10(15)8(12)4-6-16-2;;/h5,7-9H,3-4,6,12H2,1-2H3,(H,14,15);2*1H/t8-,9?;;/m0../s1. The van der Waals surface area contributed by atoms with Crippen molar-refractivity contribution in [2.75, 3.05) is 12.0 Å². The smallest absolute Gasteiger partial charge is 0.237 e. The summed E-state index contributed by atoms with van der Waals surface area (Å²) in [6.45, 7) is 2.03. The van der Waals surface area contributed by atoms with Crippen LogP contribution >= 0.6 is 47.9 Å². The van der Waals surface area contributed by atoms with Gasteiger partial charge < -0.3 is 11.1 Å². The van der Waals surface area contributed by atoms with E-state index in [1.807, 2.05) is 18.6 Å². The Hall–Kier alpha value is -0.0100. The van der Waals surface area contributed by atoms with Crippen molar-refractivity contribution < 1.29 is 4.79 Å². The Morgan fingerprint density at radius 3 is 2.74 bits per heavy atom. The van der Waals surface area contributed by atoms with E-state index in [0.717, 1.165) is 17.2 Å². The van der Waals surface area contributed by atoms with Gasteiger partial charge in [-0.2, -0.15) is 11.8 Å². The van der Waals surface area contributed by atoms with Gasteiger partial charge in [0.1, 0.15) is 5.01 Å². The van der Waals surface area contributed by atoms with Crippen LogP contribution < -0.4 is 11.1 Å². The minimum atomic E-state index is -0.420. The van der Waals surface area contributed by atoms with E-state index in [0.29, 0.717) is 6.42 Å². The molecular weight excluding hydrogens is 325 g/mol. The summed E-state index contributed by atoms with van der Waals surface area (Å²) < 4.78 is 0. The van der Waals surface area contributed by atoms with Gasteiger partial charge in [0.15, 0.2) is 0 Å². The van der Waals surface area contributed by atoms with Crippen LogP contribution in [-0.4, -0.2) is 28.9 Å². The van der Waals surface area contributed by atoms with Crippen molar-refractivity contribution in [3.8, 4) is 0 Å². The topological polar surface area (TPSA) is 68.0 Å². The van der Waals surface area contributed by atoms with E-state index in [-0.39, 0.29) is 36.8 Å². The number of thioether (sulfide) groups is 1. The van der Waals surface area contributed by atoms with Crippen LogP contribution in [0.2, 0.25) is 0 Å². The van der Waals surface area contributed by atoms with Crippen molar-refractivity contribution in [1.82, 2.24) is 10.3 Å². The molecule has 1 heterocycles. The number of carbonyl (C=O) groups excluding carboxylic acids is 1. The fourth-order valence-corrected chi connectivity index (χ4v) is 2.66. The highest BCUT2D eigenvalue weighted by Gasteiger charge is 2.19. The van der Waals surface area contributed by atoms with Crippen LogP contribution in [0.5, 0.6) is 0 Å². The summed E-state index contributed by atoms with van der Waals surface area (Å²) in [7, 11) is 0. The van der Waals surface area contributed by atoms with Crippen LogP contribution in [0.4, 0.5) is 0 Å².